The summed E-state index contributed by atoms with van der Waals surface area (Å²) in [5.74, 6) is -0.167. The lowest BCUT2D eigenvalue weighted by atomic mass is 10.0. The fourth-order valence-electron chi connectivity index (χ4n) is 4.45. The molecular weight excluding hydrogens is 454 g/mol. The van der Waals surface area contributed by atoms with E-state index in [4.69, 9.17) is 0 Å². The molecule has 0 saturated heterocycles. The van der Waals surface area contributed by atoms with Crippen LogP contribution in [0.3, 0.4) is 0 Å². The van der Waals surface area contributed by atoms with Gasteiger partial charge in [0.2, 0.25) is 0 Å². The molecule has 0 aliphatic carbocycles. The zero-order chi connectivity index (χ0) is 22.7. The highest BCUT2D eigenvalue weighted by atomic mass is 79.9. The van der Waals surface area contributed by atoms with Crippen LogP contribution in [0.2, 0.25) is 0 Å². The van der Waals surface area contributed by atoms with Crippen molar-refractivity contribution < 1.29 is 4.79 Å². The van der Waals surface area contributed by atoms with Crippen molar-refractivity contribution in [2.24, 2.45) is 0 Å². The van der Waals surface area contributed by atoms with Gasteiger partial charge in [-0.1, -0.05) is 43.1 Å². The molecule has 2 heterocycles. The van der Waals surface area contributed by atoms with Crippen molar-refractivity contribution in [3.63, 3.8) is 0 Å². The van der Waals surface area contributed by atoms with Crippen LogP contribution in [0.1, 0.15) is 78.8 Å². The van der Waals surface area contributed by atoms with Crippen LogP contribution in [0.25, 0.3) is 10.9 Å². The Morgan fingerprint density at radius 1 is 1.16 bits per heavy atom. The maximum Gasteiger partial charge on any atom is 0.253 e. The second kappa shape index (κ2) is 9.86. The summed E-state index contributed by atoms with van der Waals surface area (Å²) in [6, 6.07) is 6.35. The number of nitrogens with zero attached hydrogens (tertiary/aromatic N) is 1. The third-order valence-corrected chi connectivity index (χ3v) is 6.43. The summed E-state index contributed by atoms with van der Waals surface area (Å²) >= 11 is 3.59. The third kappa shape index (κ3) is 4.79. The molecule has 0 atom stereocenters. The predicted molar refractivity (Wildman–Crippen MR) is 131 cm³/mol. The Hall–Kier alpha value is -2.34. The maximum absolute atomic E-state index is 13.2. The van der Waals surface area contributed by atoms with Gasteiger partial charge in [-0.2, -0.15) is 0 Å². The summed E-state index contributed by atoms with van der Waals surface area (Å²) in [5.41, 5.74) is 5.13. The first-order valence-electron chi connectivity index (χ1n) is 11.1. The number of hydrogen-bond acceptors (Lipinski definition) is 2. The molecule has 166 valence electrons. The van der Waals surface area contributed by atoms with Gasteiger partial charge in [-0.05, 0) is 62.4 Å². The molecule has 31 heavy (non-hydrogen) atoms. The zero-order valence-corrected chi connectivity index (χ0v) is 20.6. The Morgan fingerprint density at radius 2 is 1.87 bits per heavy atom. The number of carbonyl (C=O) groups excluding carboxylic acids is 1. The minimum atomic E-state index is -0.167. The van der Waals surface area contributed by atoms with Crippen LogP contribution in [-0.4, -0.2) is 15.5 Å². The van der Waals surface area contributed by atoms with E-state index in [-0.39, 0.29) is 18.0 Å². The van der Waals surface area contributed by atoms with E-state index in [0.29, 0.717) is 17.2 Å². The van der Waals surface area contributed by atoms with Crippen LogP contribution in [0.4, 0.5) is 0 Å². The average Bonchev–Trinajstić information content (AvgIpc) is 3.04. The molecule has 5 nitrogen and oxygen atoms in total. The molecule has 0 spiro atoms. The normalized spacial score (nSPS) is 11.5. The Balaban J connectivity index is 1.98. The molecule has 1 amide bonds. The monoisotopic (exact) mass is 485 g/mol. The Morgan fingerprint density at radius 3 is 2.52 bits per heavy atom. The lowest BCUT2D eigenvalue weighted by Crippen LogP contribution is -2.28. The number of carbonyl (C=O) groups is 1. The van der Waals surface area contributed by atoms with E-state index in [0.717, 1.165) is 57.9 Å². The van der Waals surface area contributed by atoms with Crippen LogP contribution in [-0.2, 0) is 13.0 Å². The lowest BCUT2D eigenvalue weighted by molar-refractivity contribution is 0.0952. The van der Waals surface area contributed by atoms with Crippen molar-refractivity contribution in [3.8, 4) is 0 Å². The smallest absolute Gasteiger partial charge is 0.253 e. The molecule has 0 aliphatic rings. The molecule has 0 radical (unpaired) electrons. The zero-order valence-electron chi connectivity index (χ0n) is 19.1. The summed E-state index contributed by atoms with van der Waals surface area (Å²) < 4.78 is 3.16. The van der Waals surface area contributed by atoms with Gasteiger partial charge in [0.1, 0.15) is 0 Å². The van der Waals surface area contributed by atoms with E-state index in [1.54, 1.807) is 0 Å². The first-order valence-corrected chi connectivity index (χ1v) is 11.9. The van der Waals surface area contributed by atoms with Crippen molar-refractivity contribution in [1.82, 2.24) is 14.9 Å². The van der Waals surface area contributed by atoms with Gasteiger partial charge >= 0.3 is 0 Å². The largest absolute Gasteiger partial charge is 0.348 e. The van der Waals surface area contributed by atoms with Gasteiger partial charge < -0.3 is 14.9 Å². The van der Waals surface area contributed by atoms with Gasteiger partial charge in [-0.15, -0.1) is 0 Å². The molecule has 2 N–H and O–H groups in total. The van der Waals surface area contributed by atoms with Crippen molar-refractivity contribution >= 4 is 32.7 Å². The summed E-state index contributed by atoms with van der Waals surface area (Å²) in [6.07, 6.45) is 5.97. The number of fused-ring (bicyclic) bond motifs is 1. The molecule has 0 saturated carbocycles. The van der Waals surface area contributed by atoms with Crippen molar-refractivity contribution in [2.45, 2.75) is 72.9 Å². The highest BCUT2D eigenvalue weighted by Crippen LogP contribution is 2.32. The third-order valence-electron chi connectivity index (χ3n) is 5.98. The van der Waals surface area contributed by atoms with Gasteiger partial charge in [-0.25, -0.2) is 0 Å². The number of aryl methyl sites for hydroxylation is 3. The Bertz CT molecular complexity index is 1160. The molecule has 1 aromatic carbocycles. The van der Waals surface area contributed by atoms with Crippen LogP contribution < -0.4 is 10.9 Å². The highest BCUT2D eigenvalue weighted by Gasteiger charge is 2.20. The van der Waals surface area contributed by atoms with E-state index in [2.05, 4.69) is 70.8 Å². The number of aromatic amines is 1. The van der Waals surface area contributed by atoms with Gasteiger partial charge in [0.05, 0.1) is 11.1 Å². The molecular formula is C25H32BrN3O2. The molecule has 0 fully saturated rings. The standard InChI is InChI=1S/C25H32BrN3O2/c1-6-9-17-10-16(5)28-25(31)21(17)13-27-24(30)20-11-18(26)12-22-23(20)15(4)14-29(22)19(7-2)8-3/h10-12,14,19H,6-9,13H2,1-5H3,(H,27,30)(H,28,31). The molecule has 2 aromatic heterocycles. The lowest BCUT2D eigenvalue weighted by Gasteiger charge is -2.17. The van der Waals surface area contributed by atoms with E-state index < -0.39 is 0 Å². The number of amides is 1. The number of hydrogen-bond donors (Lipinski definition) is 2. The fraction of sp³-hybridized carbons (Fsp3) is 0.440. The first-order chi connectivity index (χ1) is 14.8. The van der Waals surface area contributed by atoms with Gasteiger partial charge in [-0.3, -0.25) is 9.59 Å². The van der Waals surface area contributed by atoms with Gasteiger partial charge in [0.15, 0.2) is 0 Å². The van der Waals surface area contributed by atoms with Crippen molar-refractivity contribution in [1.29, 1.82) is 0 Å². The SMILES string of the molecule is CCCc1cc(C)[nH]c(=O)c1CNC(=O)c1cc(Br)cc2c1c(C)cn2C(CC)CC. The van der Waals surface area contributed by atoms with Crippen LogP contribution in [0.15, 0.2) is 33.7 Å². The summed E-state index contributed by atoms with van der Waals surface area (Å²) in [5, 5.41) is 3.97. The van der Waals surface area contributed by atoms with Crippen molar-refractivity contribution in [2.75, 3.05) is 0 Å². The number of nitrogens with one attached hydrogen (secondary N) is 2. The second-order valence-corrected chi connectivity index (χ2v) is 9.17. The first kappa shape index (κ1) is 23.3. The molecule has 0 bridgehead atoms. The topological polar surface area (TPSA) is 66.9 Å². The number of H-pyrrole nitrogens is 1. The van der Waals surface area contributed by atoms with Crippen LogP contribution >= 0.6 is 15.9 Å². The number of aromatic nitrogens is 2. The number of halogens is 1. The van der Waals surface area contributed by atoms with E-state index in [9.17, 15) is 9.59 Å². The van der Waals surface area contributed by atoms with Crippen LogP contribution in [0.5, 0.6) is 0 Å². The number of pyridine rings is 1. The summed E-state index contributed by atoms with van der Waals surface area (Å²) in [4.78, 5) is 28.6. The van der Waals surface area contributed by atoms with Gasteiger partial charge in [0.25, 0.3) is 11.5 Å². The molecule has 3 rings (SSSR count). The van der Waals surface area contributed by atoms with E-state index >= 15 is 0 Å². The molecule has 6 heteroatoms. The van der Waals surface area contributed by atoms with Crippen LogP contribution in [0, 0.1) is 13.8 Å². The molecule has 0 unspecified atom stereocenters. The quantitative estimate of drug-likeness (QED) is 0.413. The second-order valence-electron chi connectivity index (χ2n) is 8.26. The molecule has 0 aliphatic heterocycles. The Kier molecular flexibility index (Phi) is 7.42. The number of rotatable bonds is 8. The Labute approximate surface area is 192 Å². The van der Waals surface area contributed by atoms with Crippen molar-refractivity contribution in [3.05, 3.63) is 67.2 Å². The minimum absolute atomic E-state index is 0.126. The predicted octanol–water partition coefficient (Wildman–Crippen LogP) is 5.95. The highest BCUT2D eigenvalue weighted by molar-refractivity contribution is 9.10. The number of benzene rings is 1. The minimum Gasteiger partial charge on any atom is -0.348 e. The maximum atomic E-state index is 13.2. The summed E-state index contributed by atoms with van der Waals surface area (Å²) in [7, 11) is 0. The van der Waals surface area contributed by atoms with E-state index in [1.165, 1.54) is 0 Å². The average molecular weight is 486 g/mol. The fourth-order valence-corrected chi connectivity index (χ4v) is 4.90. The van der Waals surface area contributed by atoms with Gasteiger partial charge in [0, 0.05) is 39.9 Å². The van der Waals surface area contributed by atoms with E-state index in [1.807, 2.05) is 19.1 Å². The molecule has 3 aromatic rings. The summed E-state index contributed by atoms with van der Waals surface area (Å²) in [6.45, 7) is 10.6.